The highest BCUT2D eigenvalue weighted by Gasteiger charge is 2.02. The molecular formula is C7H11NO3. The van der Waals surface area contributed by atoms with Crippen molar-refractivity contribution in [1.82, 2.24) is 5.32 Å². The third-order valence-corrected chi connectivity index (χ3v) is 0.887. The molecule has 0 aliphatic rings. The van der Waals surface area contributed by atoms with Crippen LogP contribution in [-0.4, -0.2) is 19.1 Å². The van der Waals surface area contributed by atoms with E-state index in [9.17, 15) is 9.59 Å². The first-order chi connectivity index (χ1) is 5.20. The number of hydrogen-bond acceptors (Lipinski definition) is 3. The molecule has 0 heterocycles. The minimum absolute atomic E-state index is 0.647. The number of nitrogens with one attached hydrogen (secondary N) is 1. The molecule has 4 nitrogen and oxygen atoms in total. The number of rotatable bonds is 2. The van der Waals surface area contributed by atoms with Gasteiger partial charge in [0.05, 0.1) is 0 Å². The van der Waals surface area contributed by atoms with Crippen LogP contribution < -0.4 is 5.32 Å². The lowest BCUT2D eigenvalue weighted by Crippen LogP contribution is -2.21. The molecule has 0 unspecified atom stereocenters. The van der Waals surface area contributed by atoms with E-state index in [2.05, 4.69) is 10.1 Å². The average Bonchev–Trinajstić information content (AvgIpc) is 2.00. The summed E-state index contributed by atoms with van der Waals surface area (Å²) in [4.78, 5) is 21.0. The number of ether oxygens (including phenoxy) is 1. The topological polar surface area (TPSA) is 55.4 Å². The Kier molecular flexibility index (Phi) is 4.81. The highest BCUT2D eigenvalue weighted by molar-refractivity contribution is 5.91. The largest absolute Gasteiger partial charge is 0.414 e. The Bertz CT molecular complexity index is 175. The summed E-state index contributed by atoms with van der Waals surface area (Å²) in [5.41, 5.74) is 0. The van der Waals surface area contributed by atoms with Gasteiger partial charge in [0.25, 0.3) is 0 Å². The molecule has 0 fully saturated rings. The quantitative estimate of drug-likeness (QED) is 0.367. The smallest absolute Gasteiger partial charge is 0.373 e. The predicted octanol–water partition coefficient (Wildman–Crippen LogP) is 0.835. The van der Waals surface area contributed by atoms with E-state index in [1.165, 1.54) is 13.1 Å². The zero-order valence-electron chi connectivity index (χ0n) is 6.59. The predicted molar refractivity (Wildman–Crippen MR) is 40.0 cm³/mol. The van der Waals surface area contributed by atoms with Crippen molar-refractivity contribution in [3.63, 3.8) is 0 Å². The van der Waals surface area contributed by atoms with E-state index in [0.29, 0.717) is 0 Å². The second-order valence-electron chi connectivity index (χ2n) is 1.77. The molecule has 0 aliphatic carbocycles. The lowest BCUT2D eigenvalue weighted by Gasteiger charge is -1.95. The van der Waals surface area contributed by atoms with Crippen LogP contribution in [0.5, 0.6) is 0 Å². The summed E-state index contributed by atoms with van der Waals surface area (Å²) < 4.78 is 4.23. The molecule has 0 aliphatic heterocycles. The molecule has 0 rings (SSSR count). The molecule has 0 saturated carbocycles. The maximum atomic E-state index is 10.6. The standard InChI is InChI=1S/C7H11NO3/c1-3-4-5-6(9)11-7(10)8-2/h4-5H,3H2,1-2H3,(H,8,10). The van der Waals surface area contributed by atoms with Crippen LogP contribution in [0.4, 0.5) is 4.79 Å². The van der Waals surface area contributed by atoms with Crippen molar-refractivity contribution in [2.24, 2.45) is 0 Å². The van der Waals surface area contributed by atoms with Gasteiger partial charge >= 0.3 is 12.1 Å². The molecular weight excluding hydrogens is 146 g/mol. The Morgan fingerprint density at radius 1 is 1.55 bits per heavy atom. The second-order valence-corrected chi connectivity index (χ2v) is 1.77. The van der Waals surface area contributed by atoms with Gasteiger partial charge in [0.1, 0.15) is 0 Å². The van der Waals surface area contributed by atoms with Gasteiger partial charge in [0.2, 0.25) is 0 Å². The molecule has 0 bridgehead atoms. The Hall–Kier alpha value is -1.32. The van der Waals surface area contributed by atoms with Gasteiger partial charge in [-0.15, -0.1) is 0 Å². The van der Waals surface area contributed by atoms with E-state index in [-0.39, 0.29) is 0 Å². The fourth-order valence-corrected chi connectivity index (χ4v) is 0.390. The van der Waals surface area contributed by atoms with E-state index in [4.69, 9.17) is 0 Å². The molecule has 0 aromatic carbocycles. The van der Waals surface area contributed by atoms with Crippen LogP contribution in [0, 0.1) is 0 Å². The number of esters is 1. The van der Waals surface area contributed by atoms with Crippen LogP contribution in [0.15, 0.2) is 12.2 Å². The molecule has 1 amide bonds. The summed E-state index contributed by atoms with van der Waals surface area (Å²) in [6, 6.07) is 0. The molecule has 0 spiro atoms. The zero-order valence-corrected chi connectivity index (χ0v) is 6.59. The van der Waals surface area contributed by atoms with Crippen LogP contribution in [0.3, 0.4) is 0 Å². The van der Waals surface area contributed by atoms with Crippen molar-refractivity contribution in [3.05, 3.63) is 12.2 Å². The lowest BCUT2D eigenvalue weighted by atomic mass is 10.4. The summed E-state index contributed by atoms with van der Waals surface area (Å²) >= 11 is 0. The highest BCUT2D eigenvalue weighted by Crippen LogP contribution is 1.84. The van der Waals surface area contributed by atoms with Crippen molar-refractivity contribution in [2.75, 3.05) is 7.05 Å². The Balaban J connectivity index is 3.69. The van der Waals surface area contributed by atoms with E-state index in [1.807, 2.05) is 6.92 Å². The Morgan fingerprint density at radius 3 is 2.64 bits per heavy atom. The van der Waals surface area contributed by atoms with E-state index in [1.54, 1.807) is 6.08 Å². The lowest BCUT2D eigenvalue weighted by molar-refractivity contribution is -0.131. The first-order valence-electron chi connectivity index (χ1n) is 3.30. The third-order valence-electron chi connectivity index (χ3n) is 0.887. The third kappa shape index (κ3) is 5.14. The summed E-state index contributed by atoms with van der Waals surface area (Å²) in [7, 11) is 1.39. The fourth-order valence-electron chi connectivity index (χ4n) is 0.390. The fraction of sp³-hybridized carbons (Fsp3) is 0.429. The zero-order chi connectivity index (χ0) is 8.69. The van der Waals surface area contributed by atoms with Gasteiger partial charge in [-0.2, -0.15) is 0 Å². The highest BCUT2D eigenvalue weighted by atomic mass is 16.6. The van der Waals surface area contributed by atoms with Gasteiger partial charge in [-0.25, -0.2) is 9.59 Å². The average molecular weight is 157 g/mol. The minimum Gasteiger partial charge on any atom is -0.373 e. The molecule has 0 radical (unpaired) electrons. The number of amides is 1. The number of alkyl carbamates (subject to hydrolysis) is 1. The van der Waals surface area contributed by atoms with E-state index >= 15 is 0 Å². The molecule has 0 atom stereocenters. The second kappa shape index (κ2) is 5.46. The van der Waals surface area contributed by atoms with Crippen molar-refractivity contribution < 1.29 is 14.3 Å². The van der Waals surface area contributed by atoms with Gasteiger partial charge in [0, 0.05) is 13.1 Å². The van der Waals surface area contributed by atoms with Crippen LogP contribution in [0.25, 0.3) is 0 Å². The van der Waals surface area contributed by atoms with Crippen LogP contribution in [-0.2, 0) is 9.53 Å². The van der Waals surface area contributed by atoms with Gasteiger partial charge in [0.15, 0.2) is 0 Å². The molecule has 0 aromatic heterocycles. The molecule has 11 heavy (non-hydrogen) atoms. The van der Waals surface area contributed by atoms with Crippen molar-refractivity contribution in [2.45, 2.75) is 13.3 Å². The first kappa shape index (κ1) is 9.68. The Morgan fingerprint density at radius 2 is 2.18 bits per heavy atom. The maximum Gasteiger partial charge on any atom is 0.414 e. The molecule has 4 heteroatoms. The first-order valence-corrected chi connectivity index (χ1v) is 3.30. The number of carbonyl (C=O) groups is 2. The van der Waals surface area contributed by atoms with Gasteiger partial charge in [-0.05, 0) is 6.42 Å². The number of hydrogen-bond donors (Lipinski definition) is 1. The SMILES string of the molecule is CCC=CC(=O)OC(=O)NC. The van der Waals surface area contributed by atoms with Gasteiger partial charge < -0.3 is 10.1 Å². The molecule has 62 valence electrons. The van der Waals surface area contributed by atoms with E-state index in [0.717, 1.165) is 6.42 Å². The Labute approximate surface area is 65.2 Å². The molecule has 0 aromatic rings. The van der Waals surface area contributed by atoms with Crippen LogP contribution in [0.1, 0.15) is 13.3 Å². The van der Waals surface area contributed by atoms with Crippen LogP contribution >= 0.6 is 0 Å². The minimum atomic E-state index is -0.740. The van der Waals surface area contributed by atoms with Crippen molar-refractivity contribution in [1.29, 1.82) is 0 Å². The normalized spacial score (nSPS) is 9.64. The summed E-state index contributed by atoms with van der Waals surface area (Å²) in [5.74, 6) is -0.647. The molecule has 0 saturated heterocycles. The van der Waals surface area contributed by atoms with Crippen molar-refractivity contribution >= 4 is 12.1 Å². The van der Waals surface area contributed by atoms with Gasteiger partial charge in [-0.3, -0.25) is 0 Å². The monoisotopic (exact) mass is 157 g/mol. The maximum absolute atomic E-state index is 10.6. The van der Waals surface area contributed by atoms with E-state index < -0.39 is 12.1 Å². The number of allylic oxidation sites excluding steroid dienone is 1. The summed E-state index contributed by atoms with van der Waals surface area (Å²) in [6.07, 6.45) is 2.83. The van der Waals surface area contributed by atoms with Crippen molar-refractivity contribution in [3.8, 4) is 0 Å². The van der Waals surface area contributed by atoms with Gasteiger partial charge in [-0.1, -0.05) is 13.0 Å². The summed E-state index contributed by atoms with van der Waals surface area (Å²) in [6.45, 7) is 1.88. The summed E-state index contributed by atoms with van der Waals surface area (Å²) in [5, 5.41) is 2.16. The molecule has 1 N–H and O–H groups in total. The number of carbonyl (C=O) groups excluding carboxylic acids is 2. The van der Waals surface area contributed by atoms with Crippen LogP contribution in [0.2, 0.25) is 0 Å².